The molecule has 2 aliphatic carbocycles. The van der Waals surface area contributed by atoms with Gasteiger partial charge in [-0.2, -0.15) is 5.26 Å². The largest absolute Gasteiger partial charge is 0.348 e. The molecule has 3 fully saturated rings. The van der Waals surface area contributed by atoms with Crippen molar-refractivity contribution >= 4 is 5.69 Å². The number of rotatable bonds is 4. The van der Waals surface area contributed by atoms with Gasteiger partial charge in [0.05, 0.1) is 17.1 Å². The Bertz CT molecular complexity index is 769. The van der Waals surface area contributed by atoms with Gasteiger partial charge in [-0.05, 0) is 53.2 Å². The molecule has 138 valence electrons. The number of ether oxygens (including phenoxy) is 2. The van der Waals surface area contributed by atoms with Gasteiger partial charge in [0, 0.05) is 18.6 Å². The average molecular weight is 356 g/mol. The summed E-state index contributed by atoms with van der Waals surface area (Å²) in [5.41, 5.74) is 1.06. The van der Waals surface area contributed by atoms with Crippen LogP contribution in [0.25, 0.3) is 0 Å². The monoisotopic (exact) mass is 356 g/mol. The smallest absolute Gasteiger partial charge is 0.269 e. The van der Waals surface area contributed by atoms with E-state index in [9.17, 15) is 15.4 Å². The predicted molar refractivity (Wildman–Crippen MR) is 93.9 cm³/mol. The minimum absolute atomic E-state index is 0.00354. The van der Waals surface area contributed by atoms with E-state index in [1.807, 2.05) is 0 Å². The lowest BCUT2D eigenvalue weighted by Crippen LogP contribution is -2.38. The van der Waals surface area contributed by atoms with Crippen molar-refractivity contribution in [3.63, 3.8) is 0 Å². The third kappa shape index (κ3) is 2.30. The number of non-ortho nitro benzene ring substituents is 1. The van der Waals surface area contributed by atoms with Crippen LogP contribution in [-0.2, 0) is 9.47 Å². The summed E-state index contributed by atoms with van der Waals surface area (Å²) >= 11 is 0. The fraction of sp³-hybridized carbons (Fsp3) is 0.650. The first kappa shape index (κ1) is 17.4. The van der Waals surface area contributed by atoms with Crippen LogP contribution in [0.15, 0.2) is 24.3 Å². The van der Waals surface area contributed by atoms with Crippen molar-refractivity contribution in [1.82, 2.24) is 0 Å². The van der Waals surface area contributed by atoms with Crippen LogP contribution < -0.4 is 0 Å². The SMILES string of the molecule is CC1(C)[C@@H]2CC[C@@]1(C)[C@@H]1O[C@@H](O[C@H](C#N)c3ccc([N+](=O)[O-])cc3)C[C@H]21. The van der Waals surface area contributed by atoms with Crippen LogP contribution in [0.3, 0.4) is 0 Å². The van der Waals surface area contributed by atoms with Gasteiger partial charge in [-0.1, -0.05) is 20.8 Å². The van der Waals surface area contributed by atoms with Crippen molar-refractivity contribution in [2.75, 3.05) is 0 Å². The summed E-state index contributed by atoms with van der Waals surface area (Å²) in [6.45, 7) is 7.05. The number of hydrogen-bond acceptors (Lipinski definition) is 5. The summed E-state index contributed by atoms with van der Waals surface area (Å²) in [7, 11) is 0. The number of nitro groups is 1. The molecule has 0 spiro atoms. The molecule has 26 heavy (non-hydrogen) atoms. The number of nitrogens with zero attached hydrogens (tertiary/aromatic N) is 2. The van der Waals surface area contributed by atoms with Gasteiger partial charge in [0.2, 0.25) is 0 Å². The van der Waals surface area contributed by atoms with Crippen LogP contribution in [0, 0.1) is 44.1 Å². The molecular weight excluding hydrogens is 332 g/mol. The Hall–Kier alpha value is -1.97. The van der Waals surface area contributed by atoms with Gasteiger partial charge in [0.1, 0.15) is 0 Å². The highest BCUT2D eigenvalue weighted by Crippen LogP contribution is 2.71. The van der Waals surface area contributed by atoms with E-state index >= 15 is 0 Å². The van der Waals surface area contributed by atoms with Crippen molar-refractivity contribution in [3.05, 3.63) is 39.9 Å². The van der Waals surface area contributed by atoms with Crippen molar-refractivity contribution in [1.29, 1.82) is 5.26 Å². The molecule has 1 aliphatic heterocycles. The van der Waals surface area contributed by atoms with E-state index in [1.54, 1.807) is 12.1 Å². The van der Waals surface area contributed by atoms with E-state index in [1.165, 1.54) is 25.0 Å². The van der Waals surface area contributed by atoms with E-state index in [0.29, 0.717) is 17.4 Å². The summed E-state index contributed by atoms with van der Waals surface area (Å²) in [6, 6.07) is 8.11. The van der Waals surface area contributed by atoms with Crippen molar-refractivity contribution < 1.29 is 14.4 Å². The first-order valence-electron chi connectivity index (χ1n) is 9.23. The number of nitriles is 1. The third-order valence-corrected chi connectivity index (χ3v) is 7.48. The molecule has 1 aromatic rings. The maximum absolute atomic E-state index is 10.8. The molecule has 2 saturated carbocycles. The first-order valence-corrected chi connectivity index (χ1v) is 9.23. The molecule has 6 atom stereocenters. The number of hydrogen-bond donors (Lipinski definition) is 0. The molecule has 0 aromatic heterocycles. The number of fused-ring (bicyclic) bond motifs is 5. The summed E-state index contributed by atoms with van der Waals surface area (Å²) in [4.78, 5) is 10.3. The van der Waals surface area contributed by atoms with Gasteiger partial charge in [-0.3, -0.25) is 10.1 Å². The topological polar surface area (TPSA) is 85.4 Å². The minimum Gasteiger partial charge on any atom is -0.348 e. The van der Waals surface area contributed by atoms with E-state index in [0.717, 1.165) is 6.42 Å². The molecule has 0 amide bonds. The van der Waals surface area contributed by atoms with Gasteiger partial charge in [-0.25, -0.2) is 0 Å². The van der Waals surface area contributed by atoms with Crippen LogP contribution in [-0.4, -0.2) is 17.3 Å². The van der Waals surface area contributed by atoms with E-state index < -0.39 is 11.0 Å². The summed E-state index contributed by atoms with van der Waals surface area (Å²) in [5.74, 6) is 1.14. The van der Waals surface area contributed by atoms with Gasteiger partial charge in [0.15, 0.2) is 12.4 Å². The maximum atomic E-state index is 10.8. The highest BCUT2D eigenvalue weighted by atomic mass is 16.7. The number of nitro benzene ring substituents is 1. The lowest BCUT2D eigenvalue weighted by atomic mass is 9.70. The van der Waals surface area contributed by atoms with Crippen molar-refractivity contribution in [2.24, 2.45) is 22.7 Å². The highest BCUT2D eigenvalue weighted by molar-refractivity contribution is 5.35. The quantitative estimate of drug-likeness (QED) is 0.591. The zero-order valence-electron chi connectivity index (χ0n) is 15.3. The summed E-state index contributed by atoms with van der Waals surface area (Å²) in [6.07, 6.45) is 2.27. The zero-order valence-corrected chi connectivity index (χ0v) is 15.3. The zero-order chi connectivity index (χ0) is 18.7. The van der Waals surface area contributed by atoms with Gasteiger partial charge in [0.25, 0.3) is 5.69 Å². The summed E-state index contributed by atoms with van der Waals surface area (Å²) in [5, 5.41) is 20.3. The van der Waals surface area contributed by atoms with E-state index in [-0.39, 0.29) is 28.9 Å². The van der Waals surface area contributed by atoms with Gasteiger partial charge >= 0.3 is 0 Å². The standard InChI is InChI=1S/C20H24N2O4/c1-19(2)15-8-9-20(19,3)18-14(15)10-17(26-18)25-16(11-21)12-4-6-13(7-5-12)22(23)24/h4-7,14-18H,8-10H2,1-3H3/t14-,15-,16-,17-,18-,20+/m1/s1. The molecule has 0 radical (unpaired) electrons. The normalized spacial score (nSPS) is 37.9. The van der Waals surface area contributed by atoms with Crippen LogP contribution in [0.4, 0.5) is 5.69 Å². The van der Waals surface area contributed by atoms with Crippen LogP contribution in [0.5, 0.6) is 0 Å². The Labute approximate surface area is 153 Å². The van der Waals surface area contributed by atoms with Gasteiger partial charge in [-0.15, -0.1) is 0 Å². The second kappa shape index (κ2) is 5.77. The Kier molecular flexibility index (Phi) is 3.87. The highest BCUT2D eigenvalue weighted by Gasteiger charge is 2.69. The third-order valence-electron chi connectivity index (χ3n) is 7.48. The molecule has 6 nitrogen and oxygen atoms in total. The summed E-state index contributed by atoms with van der Waals surface area (Å²) < 4.78 is 12.3. The molecule has 0 unspecified atom stereocenters. The van der Waals surface area contributed by atoms with Crippen molar-refractivity contribution in [2.45, 2.75) is 58.5 Å². The second-order valence-corrected chi connectivity index (χ2v) is 8.66. The molecule has 1 saturated heterocycles. The Morgan fingerprint density at radius 2 is 2.04 bits per heavy atom. The molecule has 2 bridgehead atoms. The molecule has 6 heteroatoms. The van der Waals surface area contributed by atoms with Crippen LogP contribution >= 0.6 is 0 Å². The van der Waals surface area contributed by atoms with E-state index in [4.69, 9.17) is 9.47 Å². The molecule has 0 N–H and O–H groups in total. The lowest BCUT2D eigenvalue weighted by Gasteiger charge is -2.38. The fourth-order valence-electron chi connectivity index (χ4n) is 5.68. The lowest BCUT2D eigenvalue weighted by molar-refractivity contribution is -0.384. The van der Waals surface area contributed by atoms with Crippen LogP contribution in [0.1, 0.15) is 51.7 Å². The fourth-order valence-corrected chi connectivity index (χ4v) is 5.68. The Morgan fingerprint density at radius 3 is 2.62 bits per heavy atom. The van der Waals surface area contributed by atoms with Crippen molar-refractivity contribution in [3.8, 4) is 6.07 Å². The van der Waals surface area contributed by atoms with Crippen LogP contribution in [0.2, 0.25) is 0 Å². The first-order chi connectivity index (χ1) is 12.3. The Balaban J connectivity index is 1.47. The number of benzene rings is 1. The van der Waals surface area contributed by atoms with Gasteiger partial charge < -0.3 is 9.47 Å². The molecular formula is C20H24N2O4. The second-order valence-electron chi connectivity index (χ2n) is 8.66. The average Bonchev–Trinajstić information content (AvgIpc) is 3.17. The molecule has 4 rings (SSSR count). The molecule has 3 aliphatic rings. The minimum atomic E-state index is -0.780. The Morgan fingerprint density at radius 1 is 1.35 bits per heavy atom. The van der Waals surface area contributed by atoms with E-state index in [2.05, 4.69) is 26.8 Å². The molecule has 1 heterocycles. The maximum Gasteiger partial charge on any atom is 0.269 e. The molecule has 1 aromatic carbocycles. The predicted octanol–water partition coefficient (Wildman–Crippen LogP) is 4.36.